The van der Waals surface area contributed by atoms with Gasteiger partial charge in [-0.1, -0.05) is 0 Å². The van der Waals surface area contributed by atoms with Gasteiger partial charge < -0.3 is 20.8 Å². The molecule has 5 N–H and O–H groups in total. The van der Waals surface area contributed by atoms with E-state index in [-0.39, 0.29) is 23.4 Å². The summed E-state index contributed by atoms with van der Waals surface area (Å²) in [5.74, 6) is -1.94. The SMILES string of the molecule is NC(=O)C1CCCN(S(=O)(=O)c2ccc3[nH]c(=O)c4[nH]cc(CCCC(=O)O)c4c3c2)C1. The number of nitrogens with zero attached hydrogens (tertiary/aromatic N) is 1. The van der Waals surface area contributed by atoms with Crippen molar-refractivity contribution in [3.05, 3.63) is 40.3 Å². The van der Waals surface area contributed by atoms with E-state index in [2.05, 4.69) is 9.97 Å². The number of aliphatic carboxylic acids is 1. The van der Waals surface area contributed by atoms with Gasteiger partial charge in [-0.3, -0.25) is 14.4 Å². The first-order valence-corrected chi connectivity index (χ1v) is 11.8. The molecule has 170 valence electrons. The number of nitrogens with two attached hydrogens (primary N) is 1. The number of fused-ring (bicyclic) bond motifs is 3. The Morgan fingerprint density at radius 1 is 1.28 bits per heavy atom. The molecule has 11 heteroatoms. The van der Waals surface area contributed by atoms with Crippen LogP contribution in [0.3, 0.4) is 0 Å². The summed E-state index contributed by atoms with van der Waals surface area (Å²) in [6.45, 7) is 0.344. The number of primary amides is 1. The fraction of sp³-hybridized carbons (Fsp3) is 0.381. The Morgan fingerprint density at radius 3 is 2.78 bits per heavy atom. The van der Waals surface area contributed by atoms with E-state index in [0.717, 1.165) is 5.56 Å². The maximum absolute atomic E-state index is 13.3. The van der Waals surface area contributed by atoms with Gasteiger partial charge in [0, 0.05) is 42.0 Å². The number of benzene rings is 1. The summed E-state index contributed by atoms with van der Waals surface area (Å²) in [6, 6.07) is 4.50. The second-order valence-corrected chi connectivity index (χ2v) is 10.0. The Bertz CT molecular complexity index is 1370. The number of aryl methyl sites for hydroxylation is 1. The number of pyridine rings is 1. The third-order valence-electron chi connectivity index (χ3n) is 5.96. The summed E-state index contributed by atoms with van der Waals surface area (Å²) in [5.41, 5.74) is 6.59. The van der Waals surface area contributed by atoms with Crippen molar-refractivity contribution in [2.45, 2.75) is 37.0 Å². The van der Waals surface area contributed by atoms with Gasteiger partial charge in [-0.15, -0.1) is 0 Å². The van der Waals surface area contributed by atoms with Crippen molar-refractivity contribution in [2.24, 2.45) is 11.7 Å². The van der Waals surface area contributed by atoms with Crippen LogP contribution in [-0.4, -0.2) is 52.8 Å². The number of hydrogen-bond donors (Lipinski definition) is 4. The number of aromatic amines is 2. The van der Waals surface area contributed by atoms with Crippen LogP contribution in [0.15, 0.2) is 34.1 Å². The third-order valence-corrected chi connectivity index (χ3v) is 7.82. The average Bonchev–Trinajstić information content (AvgIpc) is 3.18. The highest BCUT2D eigenvalue weighted by Crippen LogP contribution is 2.30. The zero-order chi connectivity index (χ0) is 23.0. The van der Waals surface area contributed by atoms with Crippen LogP contribution >= 0.6 is 0 Å². The molecule has 2 aromatic heterocycles. The third kappa shape index (κ3) is 4.00. The molecule has 1 saturated heterocycles. The van der Waals surface area contributed by atoms with Gasteiger partial charge in [0.05, 0.1) is 10.8 Å². The van der Waals surface area contributed by atoms with Gasteiger partial charge in [0.1, 0.15) is 5.52 Å². The van der Waals surface area contributed by atoms with Gasteiger partial charge in [-0.2, -0.15) is 4.31 Å². The molecule has 32 heavy (non-hydrogen) atoms. The standard InChI is InChI=1S/C21H24N4O6S/c22-20(28)13-4-2-8-25(11-13)32(30,31)14-6-7-16-15(9-14)18-12(3-1-5-17(26)27)10-23-19(18)21(29)24-16/h6-7,9-10,13,23H,1-5,8,11H2,(H2,22,28)(H,24,29)(H,26,27). The number of sulfonamides is 1. The molecular weight excluding hydrogens is 436 g/mol. The monoisotopic (exact) mass is 460 g/mol. The number of piperidine rings is 1. The van der Waals surface area contributed by atoms with E-state index in [0.29, 0.717) is 54.0 Å². The molecule has 1 aliphatic rings. The molecule has 1 fully saturated rings. The molecule has 10 nitrogen and oxygen atoms in total. The number of carboxylic acids is 1. The maximum atomic E-state index is 13.3. The Morgan fingerprint density at radius 2 is 2.06 bits per heavy atom. The predicted octanol–water partition coefficient (Wildman–Crippen LogP) is 1.30. The Labute approximate surface area is 183 Å². The number of nitrogens with one attached hydrogen (secondary N) is 2. The molecule has 1 aromatic carbocycles. The lowest BCUT2D eigenvalue weighted by Gasteiger charge is -2.30. The Kier molecular flexibility index (Phi) is 5.78. The van der Waals surface area contributed by atoms with Crippen LogP contribution in [0.2, 0.25) is 0 Å². The summed E-state index contributed by atoms with van der Waals surface area (Å²) in [6.07, 6.45) is 3.56. The molecule has 1 aliphatic heterocycles. The van der Waals surface area contributed by atoms with Crippen molar-refractivity contribution in [3.63, 3.8) is 0 Å². The van der Waals surface area contributed by atoms with Gasteiger partial charge in [-0.25, -0.2) is 8.42 Å². The van der Waals surface area contributed by atoms with E-state index in [1.165, 1.54) is 16.4 Å². The van der Waals surface area contributed by atoms with Crippen molar-refractivity contribution in [1.29, 1.82) is 0 Å². The zero-order valence-electron chi connectivity index (χ0n) is 17.3. The van der Waals surface area contributed by atoms with Crippen molar-refractivity contribution >= 4 is 43.7 Å². The minimum absolute atomic E-state index is 0.0105. The molecule has 0 saturated carbocycles. The van der Waals surface area contributed by atoms with Crippen molar-refractivity contribution in [3.8, 4) is 0 Å². The van der Waals surface area contributed by atoms with Crippen LogP contribution in [0.5, 0.6) is 0 Å². The van der Waals surface area contributed by atoms with Crippen LogP contribution in [0.25, 0.3) is 21.8 Å². The van der Waals surface area contributed by atoms with Gasteiger partial charge in [0.25, 0.3) is 5.56 Å². The van der Waals surface area contributed by atoms with Crippen LogP contribution in [-0.2, 0) is 26.0 Å². The Hall–Kier alpha value is -3.18. The van der Waals surface area contributed by atoms with Gasteiger partial charge in [0.15, 0.2) is 0 Å². The second-order valence-electron chi connectivity index (χ2n) is 8.08. The van der Waals surface area contributed by atoms with Crippen LogP contribution in [0.4, 0.5) is 0 Å². The number of carboxylic acid groups (broad SMARTS) is 1. The molecule has 0 bridgehead atoms. The van der Waals surface area contributed by atoms with Gasteiger partial charge >= 0.3 is 5.97 Å². The topological polar surface area (TPSA) is 166 Å². The van der Waals surface area contributed by atoms with E-state index >= 15 is 0 Å². The highest BCUT2D eigenvalue weighted by atomic mass is 32.2. The van der Waals surface area contributed by atoms with Crippen molar-refractivity contribution < 1.29 is 23.1 Å². The van der Waals surface area contributed by atoms with Crippen molar-refractivity contribution in [1.82, 2.24) is 14.3 Å². The molecule has 0 aliphatic carbocycles. The smallest absolute Gasteiger partial charge is 0.303 e. The first kappa shape index (κ1) is 22.0. The summed E-state index contributed by atoms with van der Waals surface area (Å²) >= 11 is 0. The maximum Gasteiger partial charge on any atom is 0.303 e. The van der Waals surface area contributed by atoms with Gasteiger partial charge in [-0.05, 0) is 49.4 Å². The molecule has 1 atom stereocenters. The highest BCUT2D eigenvalue weighted by Gasteiger charge is 2.32. The number of aromatic nitrogens is 2. The van der Waals surface area contributed by atoms with Crippen LogP contribution in [0.1, 0.15) is 31.2 Å². The fourth-order valence-electron chi connectivity index (χ4n) is 4.30. The van der Waals surface area contributed by atoms with Crippen LogP contribution in [0, 0.1) is 5.92 Å². The fourth-order valence-corrected chi connectivity index (χ4v) is 5.86. The number of carbonyl (C=O) groups excluding carboxylic acids is 1. The lowest BCUT2D eigenvalue weighted by Crippen LogP contribution is -2.44. The molecular formula is C21H24N4O6S. The van der Waals surface area contributed by atoms with E-state index in [9.17, 15) is 22.8 Å². The minimum Gasteiger partial charge on any atom is -0.481 e. The lowest BCUT2D eigenvalue weighted by atomic mass is 9.99. The Balaban J connectivity index is 1.79. The summed E-state index contributed by atoms with van der Waals surface area (Å²) in [7, 11) is -3.88. The van der Waals surface area contributed by atoms with E-state index in [1.807, 2.05) is 0 Å². The normalized spacial score (nSPS) is 17.7. The average molecular weight is 461 g/mol. The van der Waals surface area contributed by atoms with Crippen LogP contribution < -0.4 is 11.3 Å². The first-order chi connectivity index (χ1) is 15.2. The largest absolute Gasteiger partial charge is 0.481 e. The van der Waals surface area contributed by atoms with E-state index < -0.39 is 27.8 Å². The number of amides is 1. The number of carbonyl (C=O) groups is 2. The van der Waals surface area contributed by atoms with Crippen molar-refractivity contribution in [2.75, 3.05) is 13.1 Å². The van der Waals surface area contributed by atoms with E-state index in [4.69, 9.17) is 10.8 Å². The summed E-state index contributed by atoms with van der Waals surface area (Å²) in [4.78, 5) is 40.6. The molecule has 1 amide bonds. The second kappa shape index (κ2) is 8.40. The summed E-state index contributed by atoms with van der Waals surface area (Å²) in [5, 5.41) is 10.0. The number of rotatable bonds is 7. The molecule has 0 radical (unpaired) electrons. The molecule has 3 heterocycles. The molecule has 0 spiro atoms. The van der Waals surface area contributed by atoms with E-state index in [1.54, 1.807) is 12.3 Å². The lowest BCUT2D eigenvalue weighted by molar-refractivity contribution is -0.137. The number of hydrogen-bond acceptors (Lipinski definition) is 5. The first-order valence-electron chi connectivity index (χ1n) is 10.4. The minimum atomic E-state index is -3.88. The summed E-state index contributed by atoms with van der Waals surface area (Å²) < 4.78 is 27.9. The molecule has 1 unspecified atom stereocenters. The predicted molar refractivity (Wildman–Crippen MR) is 118 cm³/mol. The zero-order valence-corrected chi connectivity index (χ0v) is 18.1. The highest BCUT2D eigenvalue weighted by molar-refractivity contribution is 7.89. The number of H-pyrrole nitrogens is 2. The molecule has 4 rings (SSSR count). The molecule has 3 aromatic rings. The van der Waals surface area contributed by atoms with Gasteiger partial charge in [0.2, 0.25) is 15.9 Å². The quantitative estimate of drug-likeness (QED) is 0.415.